The van der Waals surface area contributed by atoms with E-state index in [9.17, 15) is 4.79 Å². The van der Waals surface area contributed by atoms with Gasteiger partial charge in [-0.3, -0.25) is 9.78 Å². The Morgan fingerprint density at radius 1 is 1.12 bits per heavy atom. The largest absolute Gasteiger partial charge is 0.457 e. The first-order chi connectivity index (χ1) is 15.4. The van der Waals surface area contributed by atoms with Crippen LogP contribution in [-0.2, 0) is 7.05 Å². The first kappa shape index (κ1) is 21.8. The van der Waals surface area contributed by atoms with E-state index in [-0.39, 0.29) is 5.91 Å². The van der Waals surface area contributed by atoms with Crippen molar-refractivity contribution in [2.75, 3.05) is 11.9 Å². The Balaban J connectivity index is 1.55. The van der Waals surface area contributed by atoms with Gasteiger partial charge in [0, 0.05) is 42.1 Å². The van der Waals surface area contributed by atoms with Crippen molar-refractivity contribution in [1.82, 2.24) is 19.9 Å². The number of hydrogen-bond donors (Lipinski definition) is 2. The third kappa shape index (κ3) is 4.75. The molecule has 1 amide bonds. The van der Waals surface area contributed by atoms with Crippen molar-refractivity contribution in [3.05, 3.63) is 70.5 Å². The Labute approximate surface area is 195 Å². The Morgan fingerprint density at radius 2 is 1.94 bits per heavy atom. The van der Waals surface area contributed by atoms with Crippen molar-refractivity contribution in [1.29, 1.82) is 0 Å². The van der Waals surface area contributed by atoms with Crippen LogP contribution in [0.3, 0.4) is 0 Å². The lowest BCUT2D eigenvalue weighted by atomic mass is 10.2. The number of amides is 1. The van der Waals surface area contributed by atoms with E-state index in [0.29, 0.717) is 23.7 Å². The first-order valence-electron chi connectivity index (χ1n) is 10.4. The highest BCUT2D eigenvalue weighted by molar-refractivity contribution is 9.10. The van der Waals surface area contributed by atoms with Gasteiger partial charge >= 0.3 is 0 Å². The molecule has 0 aliphatic rings. The summed E-state index contributed by atoms with van der Waals surface area (Å²) < 4.78 is 9.05. The maximum Gasteiger partial charge on any atom is 0.270 e. The summed E-state index contributed by atoms with van der Waals surface area (Å²) >= 11 is 3.53. The second-order valence-electron chi connectivity index (χ2n) is 7.47. The molecule has 32 heavy (non-hydrogen) atoms. The summed E-state index contributed by atoms with van der Waals surface area (Å²) in [5.74, 6) is 1.70. The third-order valence-electron chi connectivity index (χ3n) is 5.00. The van der Waals surface area contributed by atoms with Crippen molar-refractivity contribution in [3.63, 3.8) is 0 Å². The summed E-state index contributed by atoms with van der Waals surface area (Å²) in [6, 6.07) is 15.2. The summed E-state index contributed by atoms with van der Waals surface area (Å²) in [4.78, 5) is 21.0. The summed E-state index contributed by atoms with van der Waals surface area (Å²) in [6.45, 7) is 4.66. The summed E-state index contributed by atoms with van der Waals surface area (Å²) in [5, 5.41) is 6.19. The molecule has 0 bridgehead atoms. The molecule has 2 aromatic heterocycles. The van der Waals surface area contributed by atoms with E-state index in [1.807, 2.05) is 55.8 Å². The van der Waals surface area contributed by atoms with Gasteiger partial charge in [0.05, 0.1) is 11.0 Å². The van der Waals surface area contributed by atoms with Crippen LogP contribution in [0.4, 0.5) is 11.6 Å². The number of hydrogen-bond acceptors (Lipinski definition) is 5. The van der Waals surface area contributed by atoms with E-state index in [4.69, 9.17) is 9.72 Å². The highest BCUT2D eigenvalue weighted by atomic mass is 79.9. The van der Waals surface area contributed by atoms with Crippen molar-refractivity contribution in [3.8, 4) is 11.5 Å². The van der Waals surface area contributed by atoms with Crippen molar-refractivity contribution in [2.24, 2.45) is 7.05 Å². The van der Waals surface area contributed by atoms with Gasteiger partial charge in [0.25, 0.3) is 5.91 Å². The fraction of sp³-hybridized carbons (Fsp3) is 0.208. The fourth-order valence-corrected chi connectivity index (χ4v) is 3.52. The fourth-order valence-electron chi connectivity index (χ4n) is 3.27. The van der Waals surface area contributed by atoms with Crippen LogP contribution in [0.1, 0.15) is 29.4 Å². The number of fused-ring (bicyclic) bond motifs is 1. The number of anilines is 2. The smallest absolute Gasteiger partial charge is 0.270 e. The molecule has 0 saturated heterocycles. The first-order valence-corrected chi connectivity index (χ1v) is 11.2. The Kier molecular flexibility index (Phi) is 6.41. The molecule has 4 aromatic rings. The van der Waals surface area contributed by atoms with Crippen LogP contribution < -0.4 is 15.4 Å². The number of nitrogens with zero attached hydrogens (tertiary/aromatic N) is 3. The van der Waals surface area contributed by atoms with E-state index in [0.717, 1.165) is 39.1 Å². The van der Waals surface area contributed by atoms with Crippen LogP contribution in [0.2, 0.25) is 0 Å². The van der Waals surface area contributed by atoms with Gasteiger partial charge in [0.1, 0.15) is 17.2 Å². The zero-order valence-corrected chi connectivity index (χ0v) is 19.7. The molecule has 0 radical (unpaired) electrons. The highest BCUT2D eigenvalue weighted by Gasteiger charge is 2.12. The molecule has 0 aliphatic heterocycles. The second-order valence-corrected chi connectivity index (χ2v) is 8.32. The van der Waals surface area contributed by atoms with Crippen LogP contribution in [-0.4, -0.2) is 27.0 Å². The minimum Gasteiger partial charge on any atom is -0.457 e. The molecule has 2 aromatic carbocycles. The maximum atomic E-state index is 12.2. The van der Waals surface area contributed by atoms with Gasteiger partial charge in [-0.25, -0.2) is 4.98 Å². The molecule has 7 nitrogen and oxygen atoms in total. The van der Waals surface area contributed by atoms with Gasteiger partial charge < -0.3 is 19.9 Å². The van der Waals surface area contributed by atoms with Crippen LogP contribution in [0.5, 0.6) is 11.5 Å². The lowest BCUT2D eigenvalue weighted by molar-refractivity contribution is 0.0948. The average molecular weight is 494 g/mol. The molecular weight excluding hydrogens is 470 g/mol. The zero-order valence-electron chi connectivity index (χ0n) is 18.1. The van der Waals surface area contributed by atoms with Crippen molar-refractivity contribution >= 4 is 44.5 Å². The molecule has 164 valence electrons. The van der Waals surface area contributed by atoms with Crippen LogP contribution in [0.15, 0.2) is 59.2 Å². The van der Waals surface area contributed by atoms with Gasteiger partial charge in [-0.05, 0) is 55.3 Å². The van der Waals surface area contributed by atoms with E-state index in [1.54, 1.807) is 18.3 Å². The number of rotatable bonds is 7. The van der Waals surface area contributed by atoms with Crippen LogP contribution in [0, 0.1) is 6.92 Å². The molecule has 8 heteroatoms. The molecule has 0 aliphatic carbocycles. The quantitative estimate of drug-likeness (QED) is 0.344. The lowest BCUT2D eigenvalue weighted by Gasteiger charge is -2.08. The minimum atomic E-state index is -0.212. The van der Waals surface area contributed by atoms with Gasteiger partial charge in [-0.2, -0.15) is 0 Å². The zero-order chi connectivity index (χ0) is 22.7. The number of benzene rings is 2. The third-order valence-corrected chi connectivity index (χ3v) is 5.89. The molecule has 0 spiro atoms. The van der Waals surface area contributed by atoms with Gasteiger partial charge in [-0.1, -0.05) is 22.9 Å². The summed E-state index contributed by atoms with van der Waals surface area (Å²) in [7, 11) is 1.97. The molecule has 0 atom stereocenters. The lowest BCUT2D eigenvalue weighted by Crippen LogP contribution is -2.24. The maximum absolute atomic E-state index is 12.2. The standard InChI is InChI=1S/C24H24BrN5O2/c1-4-10-27-23(31)21-14-18(9-11-26-21)32-17-6-8-22-20(13-17)29-24(30(22)3)28-16-5-7-19(25)15(2)12-16/h5-9,11-14H,4,10H2,1-3H3,(H,27,31)(H,28,29). The number of carbonyl (C=O) groups is 1. The van der Waals surface area contributed by atoms with Crippen LogP contribution in [0.25, 0.3) is 11.0 Å². The average Bonchev–Trinajstić information content (AvgIpc) is 3.09. The Hall–Kier alpha value is -3.39. The number of carbonyl (C=O) groups excluding carboxylic acids is 1. The summed E-state index contributed by atoms with van der Waals surface area (Å²) in [6.07, 6.45) is 2.43. The monoisotopic (exact) mass is 493 g/mol. The second kappa shape index (κ2) is 9.40. The summed E-state index contributed by atoms with van der Waals surface area (Å²) in [5.41, 5.74) is 4.21. The van der Waals surface area contributed by atoms with Gasteiger partial charge in [-0.15, -0.1) is 0 Å². The molecule has 0 unspecified atom stereocenters. The molecule has 2 heterocycles. The SMILES string of the molecule is CCCNC(=O)c1cc(Oc2ccc3c(c2)nc(Nc2ccc(Br)c(C)c2)n3C)ccn1. The number of pyridine rings is 1. The number of aryl methyl sites for hydroxylation is 2. The number of ether oxygens (including phenoxy) is 1. The van der Waals surface area contributed by atoms with Crippen molar-refractivity contribution in [2.45, 2.75) is 20.3 Å². The predicted octanol–water partition coefficient (Wildman–Crippen LogP) is 5.71. The van der Waals surface area contributed by atoms with E-state index in [2.05, 4.69) is 37.6 Å². The predicted molar refractivity (Wildman–Crippen MR) is 130 cm³/mol. The molecule has 4 rings (SSSR count). The minimum absolute atomic E-state index is 0.212. The normalized spacial score (nSPS) is 10.9. The Bertz CT molecular complexity index is 1280. The number of nitrogens with one attached hydrogen (secondary N) is 2. The number of halogens is 1. The number of imidazole rings is 1. The van der Waals surface area contributed by atoms with Gasteiger partial charge in [0.15, 0.2) is 0 Å². The van der Waals surface area contributed by atoms with E-state index in [1.165, 1.54) is 0 Å². The van der Waals surface area contributed by atoms with E-state index >= 15 is 0 Å². The molecular formula is C24H24BrN5O2. The van der Waals surface area contributed by atoms with Crippen LogP contribution >= 0.6 is 15.9 Å². The Morgan fingerprint density at radius 3 is 2.72 bits per heavy atom. The van der Waals surface area contributed by atoms with E-state index < -0.39 is 0 Å². The molecule has 2 N–H and O–H groups in total. The molecule has 0 saturated carbocycles. The van der Waals surface area contributed by atoms with Gasteiger partial charge in [0.2, 0.25) is 5.95 Å². The van der Waals surface area contributed by atoms with Crippen molar-refractivity contribution < 1.29 is 9.53 Å². The molecule has 0 fully saturated rings. The number of aromatic nitrogens is 3. The highest BCUT2D eigenvalue weighted by Crippen LogP contribution is 2.29. The topological polar surface area (TPSA) is 81.1 Å².